The topological polar surface area (TPSA) is 83.6 Å². The van der Waals surface area contributed by atoms with E-state index in [-0.39, 0.29) is 12.5 Å². The molecule has 7 heteroatoms. The van der Waals surface area contributed by atoms with E-state index in [1.807, 2.05) is 23.4 Å². The lowest BCUT2D eigenvalue weighted by Gasteiger charge is -2.15. The zero-order chi connectivity index (χ0) is 17.9. The largest absolute Gasteiger partial charge is 0.396 e. The van der Waals surface area contributed by atoms with Gasteiger partial charge in [0.15, 0.2) is 5.65 Å². The molecule has 0 saturated carbocycles. The molecule has 26 heavy (non-hydrogen) atoms. The highest BCUT2D eigenvalue weighted by Crippen LogP contribution is 2.23. The lowest BCUT2D eigenvalue weighted by Crippen LogP contribution is -2.29. The van der Waals surface area contributed by atoms with Crippen molar-refractivity contribution in [3.8, 4) is 0 Å². The van der Waals surface area contributed by atoms with Gasteiger partial charge >= 0.3 is 0 Å². The van der Waals surface area contributed by atoms with Crippen molar-refractivity contribution in [1.82, 2.24) is 24.5 Å². The second kappa shape index (κ2) is 7.21. The number of rotatable bonds is 5. The van der Waals surface area contributed by atoms with Gasteiger partial charge in [0, 0.05) is 44.5 Å². The van der Waals surface area contributed by atoms with E-state index < -0.39 is 0 Å². The molecule has 0 aromatic carbocycles. The van der Waals surface area contributed by atoms with E-state index in [1.54, 1.807) is 23.1 Å². The molecule has 3 aromatic rings. The summed E-state index contributed by atoms with van der Waals surface area (Å²) in [6.45, 7) is 1.56. The van der Waals surface area contributed by atoms with Crippen molar-refractivity contribution in [2.75, 3.05) is 19.7 Å². The lowest BCUT2D eigenvalue weighted by molar-refractivity contribution is 0.0788. The second-order valence-electron chi connectivity index (χ2n) is 6.73. The van der Waals surface area contributed by atoms with Gasteiger partial charge in [0.05, 0.1) is 6.20 Å². The van der Waals surface area contributed by atoms with E-state index in [4.69, 9.17) is 5.11 Å². The number of fused-ring (bicyclic) bond motifs is 1. The molecule has 1 fully saturated rings. The number of hydrogen-bond donors (Lipinski definition) is 1. The first-order valence-electron chi connectivity index (χ1n) is 8.86. The number of likely N-dealkylation sites (tertiary alicyclic amines) is 1. The molecule has 134 valence electrons. The first kappa shape index (κ1) is 16.7. The Labute approximate surface area is 151 Å². The first-order valence-corrected chi connectivity index (χ1v) is 8.86. The fraction of sp³-hybridized carbons (Fsp3) is 0.368. The number of aliphatic hydroxyl groups excluding tert-OH is 1. The maximum Gasteiger partial charge on any atom is 0.259 e. The van der Waals surface area contributed by atoms with Gasteiger partial charge in [0.1, 0.15) is 5.56 Å². The fourth-order valence-electron chi connectivity index (χ4n) is 3.53. The number of hydrogen-bond acceptors (Lipinski definition) is 5. The van der Waals surface area contributed by atoms with Gasteiger partial charge in [-0.15, -0.1) is 0 Å². The molecule has 3 aromatic heterocycles. The maximum absolute atomic E-state index is 12.9. The predicted octanol–water partition coefficient (Wildman–Crippen LogP) is 1.36. The number of amides is 1. The van der Waals surface area contributed by atoms with Crippen molar-refractivity contribution in [3.63, 3.8) is 0 Å². The minimum absolute atomic E-state index is 0.0175. The Hall–Kier alpha value is -2.80. The summed E-state index contributed by atoms with van der Waals surface area (Å²) in [5.41, 5.74) is 3.19. The van der Waals surface area contributed by atoms with Crippen LogP contribution in [0.25, 0.3) is 5.65 Å². The molecule has 1 aliphatic heterocycles. The maximum atomic E-state index is 12.9. The van der Waals surface area contributed by atoms with E-state index in [0.29, 0.717) is 23.5 Å². The average molecular weight is 351 g/mol. The third-order valence-corrected chi connectivity index (χ3v) is 4.86. The van der Waals surface area contributed by atoms with Crippen LogP contribution >= 0.6 is 0 Å². The monoisotopic (exact) mass is 351 g/mol. The van der Waals surface area contributed by atoms with Crippen LogP contribution in [0.2, 0.25) is 0 Å². The van der Waals surface area contributed by atoms with Crippen LogP contribution in [0.3, 0.4) is 0 Å². The van der Waals surface area contributed by atoms with Crippen molar-refractivity contribution in [2.24, 2.45) is 5.92 Å². The van der Waals surface area contributed by atoms with Crippen LogP contribution in [0.5, 0.6) is 0 Å². The Morgan fingerprint density at radius 3 is 3.00 bits per heavy atom. The second-order valence-corrected chi connectivity index (χ2v) is 6.73. The Morgan fingerprint density at radius 1 is 1.27 bits per heavy atom. The van der Waals surface area contributed by atoms with Gasteiger partial charge in [0.25, 0.3) is 5.91 Å². The minimum Gasteiger partial charge on any atom is -0.396 e. The number of aromatic nitrogens is 4. The summed E-state index contributed by atoms with van der Waals surface area (Å²) in [4.78, 5) is 23.3. The van der Waals surface area contributed by atoms with E-state index in [2.05, 4.69) is 21.1 Å². The van der Waals surface area contributed by atoms with Crippen LogP contribution in [0.1, 0.15) is 27.9 Å². The Morgan fingerprint density at radius 2 is 2.19 bits per heavy atom. The van der Waals surface area contributed by atoms with Gasteiger partial charge in [-0.1, -0.05) is 6.07 Å². The van der Waals surface area contributed by atoms with Crippen LogP contribution in [-0.4, -0.2) is 55.2 Å². The van der Waals surface area contributed by atoms with Crippen LogP contribution in [0, 0.1) is 5.92 Å². The molecule has 0 aliphatic carbocycles. The molecule has 0 bridgehead atoms. The number of carbonyl (C=O) groups excluding carboxylic acids is 1. The molecule has 1 aliphatic rings. The number of carbonyl (C=O) groups is 1. The SMILES string of the molecule is O=C(c1cnn2cc(CCO)cnc12)N1CCC(Cc2cccnc2)C1. The van der Waals surface area contributed by atoms with E-state index in [9.17, 15) is 4.79 Å². The number of pyridine rings is 1. The fourth-order valence-corrected chi connectivity index (χ4v) is 3.53. The van der Waals surface area contributed by atoms with Gasteiger partial charge in [-0.05, 0) is 42.4 Å². The number of aliphatic hydroxyl groups is 1. The van der Waals surface area contributed by atoms with Crippen LogP contribution in [-0.2, 0) is 12.8 Å². The minimum atomic E-state index is -0.0175. The summed E-state index contributed by atoms with van der Waals surface area (Å²) < 4.78 is 1.61. The van der Waals surface area contributed by atoms with Gasteiger partial charge in [-0.3, -0.25) is 9.78 Å². The molecular weight excluding hydrogens is 330 g/mol. The summed E-state index contributed by atoms with van der Waals surface area (Å²) in [5, 5.41) is 13.3. The molecule has 1 amide bonds. The standard InChI is InChI=1S/C19H21N5O2/c25-7-4-16-10-21-18-17(11-22-24(18)13-16)19(26)23-6-3-15(12-23)8-14-2-1-5-20-9-14/h1-2,5,9-11,13,15,25H,3-4,6-8,12H2. The molecule has 1 atom stereocenters. The predicted molar refractivity (Wildman–Crippen MR) is 95.7 cm³/mol. The third-order valence-electron chi connectivity index (χ3n) is 4.86. The van der Waals surface area contributed by atoms with Crippen molar-refractivity contribution < 1.29 is 9.90 Å². The lowest BCUT2D eigenvalue weighted by atomic mass is 10.0. The highest BCUT2D eigenvalue weighted by atomic mass is 16.3. The van der Waals surface area contributed by atoms with Crippen LogP contribution in [0.4, 0.5) is 0 Å². The van der Waals surface area contributed by atoms with E-state index in [0.717, 1.165) is 31.5 Å². The first-order chi connectivity index (χ1) is 12.7. The molecule has 1 N–H and O–H groups in total. The smallest absolute Gasteiger partial charge is 0.259 e. The van der Waals surface area contributed by atoms with Gasteiger partial charge in [-0.2, -0.15) is 5.10 Å². The van der Waals surface area contributed by atoms with Crippen LogP contribution < -0.4 is 0 Å². The molecule has 4 heterocycles. The highest BCUT2D eigenvalue weighted by Gasteiger charge is 2.29. The zero-order valence-corrected chi connectivity index (χ0v) is 14.5. The van der Waals surface area contributed by atoms with Crippen molar-refractivity contribution >= 4 is 11.6 Å². The van der Waals surface area contributed by atoms with Gasteiger partial charge in [-0.25, -0.2) is 9.50 Å². The van der Waals surface area contributed by atoms with Gasteiger partial charge < -0.3 is 10.0 Å². The summed E-state index contributed by atoms with van der Waals surface area (Å²) in [7, 11) is 0. The van der Waals surface area contributed by atoms with Crippen molar-refractivity contribution in [2.45, 2.75) is 19.3 Å². The number of nitrogens with zero attached hydrogens (tertiary/aromatic N) is 5. The molecule has 0 radical (unpaired) electrons. The van der Waals surface area contributed by atoms with E-state index >= 15 is 0 Å². The normalized spacial score (nSPS) is 17.1. The van der Waals surface area contributed by atoms with Crippen molar-refractivity contribution in [3.05, 3.63) is 59.8 Å². The average Bonchev–Trinajstić information content (AvgIpc) is 3.29. The molecule has 1 saturated heterocycles. The highest BCUT2D eigenvalue weighted by molar-refractivity contribution is 5.99. The summed E-state index contributed by atoms with van der Waals surface area (Å²) in [6, 6.07) is 4.03. The molecule has 4 rings (SSSR count). The molecule has 0 spiro atoms. The summed E-state index contributed by atoms with van der Waals surface area (Å²) in [6.07, 6.45) is 11.2. The molecule has 1 unspecified atom stereocenters. The molecular formula is C19H21N5O2. The quantitative estimate of drug-likeness (QED) is 0.750. The Bertz CT molecular complexity index is 909. The Balaban J connectivity index is 1.47. The third kappa shape index (κ3) is 3.30. The van der Waals surface area contributed by atoms with Gasteiger partial charge in [0.2, 0.25) is 0 Å². The molecule has 7 nitrogen and oxygen atoms in total. The van der Waals surface area contributed by atoms with Crippen molar-refractivity contribution in [1.29, 1.82) is 0 Å². The zero-order valence-electron chi connectivity index (χ0n) is 14.5. The van der Waals surface area contributed by atoms with E-state index in [1.165, 1.54) is 5.56 Å². The Kier molecular flexibility index (Phi) is 4.62. The van der Waals surface area contributed by atoms with Crippen LogP contribution in [0.15, 0.2) is 43.1 Å². The summed E-state index contributed by atoms with van der Waals surface area (Å²) in [5.74, 6) is 0.435. The summed E-state index contributed by atoms with van der Waals surface area (Å²) >= 11 is 0.